The summed E-state index contributed by atoms with van der Waals surface area (Å²) >= 11 is 0. The molecule has 2 heteroatoms. The molecular formula is C13H16ClZr-. The molecule has 0 aromatic rings. The van der Waals surface area contributed by atoms with Crippen LogP contribution in [-0.2, 0) is 26.2 Å². The summed E-state index contributed by atoms with van der Waals surface area (Å²) in [5.41, 5.74) is 5.82. The molecule has 0 nitrogen and oxygen atoms in total. The maximum Gasteiger partial charge on any atom is 0 e. The Morgan fingerprint density at radius 2 is 1.33 bits per heavy atom. The molecule has 0 aromatic carbocycles. The second-order valence-electron chi connectivity index (χ2n) is 3.77. The molecule has 2 aliphatic rings. The van der Waals surface area contributed by atoms with Gasteiger partial charge in [-0.15, -0.1) is 46.9 Å². The van der Waals surface area contributed by atoms with Gasteiger partial charge in [0.05, 0.1) is 0 Å². The first kappa shape index (κ1) is 15.0. The van der Waals surface area contributed by atoms with Crippen molar-refractivity contribution in [1.82, 2.24) is 0 Å². The van der Waals surface area contributed by atoms with E-state index in [1.54, 1.807) is 0 Å². The van der Waals surface area contributed by atoms with E-state index < -0.39 is 0 Å². The van der Waals surface area contributed by atoms with E-state index in [9.17, 15) is 0 Å². The average Bonchev–Trinajstić information content (AvgIpc) is 2.65. The summed E-state index contributed by atoms with van der Waals surface area (Å²) in [7, 11) is 0. The van der Waals surface area contributed by atoms with Crippen LogP contribution in [-0.4, -0.2) is 0 Å². The van der Waals surface area contributed by atoms with E-state index in [1.807, 2.05) is 0 Å². The molecule has 0 aromatic heterocycles. The predicted molar refractivity (Wildman–Crippen MR) is 64.5 cm³/mol. The molecule has 0 amide bonds. The van der Waals surface area contributed by atoms with Gasteiger partial charge in [-0.2, -0.15) is 6.42 Å². The van der Waals surface area contributed by atoms with Gasteiger partial charge in [0.1, 0.15) is 0 Å². The summed E-state index contributed by atoms with van der Waals surface area (Å²) < 4.78 is 0. The molecule has 0 spiro atoms. The SMILES string of the molecule is CC1=C([CH-]C2=C(C)C=CC2)CC=C1.Cl.[Zr]. The zero-order chi connectivity index (χ0) is 9.26. The molecule has 2 rings (SSSR count). The van der Waals surface area contributed by atoms with Crippen LogP contribution in [0.15, 0.2) is 46.6 Å². The first-order chi connectivity index (χ1) is 6.27. The molecule has 0 aliphatic heterocycles. The van der Waals surface area contributed by atoms with Gasteiger partial charge in [0, 0.05) is 26.2 Å². The summed E-state index contributed by atoms with van der Waals surface area (Å²) in [6.45, 7) is 4.38. The van der Waals surface area contributed by atoms with Gasteiger partial charge in [-0.3, -0.25) is 0 Å². The third-order valence-electron chi connectivity index (χ3n) is 2.77. The van der Waals surface area contributed by atoms with Crippen LogP contribution in [0.25, 0.3) is 0 Å². The standard InChI is InChI=1S/C13H15.ClH.Zr/c1-10-5-3-7-12(10)9-13-8-4-6-11(13)2;;/h3-6,9H,7-8H2,1-2H3;1H;/q-1;;. The van der Waals surface area contributed by atoms with Gasteiger partial charge in [-0.25, -0.2) is 0 Å². The van der Waals surface area contributed by atoms with Crippen molar-refractivity contribution in [1.29, 1.82) is 0 Å². The zero-order valence-corrected chi connectivity index (χ0v) is 12.5. The maximum absolute atomic E-state index is 2.35. The van der Waals surface area contributed by atoms with Crippen molar-refractivity contribution in [2.75, 3.05) is 0 Å². The Balaban J connectivity index is 0.000000980. The summed E-state index contributed by atoms with van der Waals surface area (Å²) in [6, 6.07) is 0. The minimum absolute atomic E-state index is 0. The van der Waals surface area contributed by atoms with Gasteiger partial charge in [0.25, 0.3) is 0 Å². The van der Waals surface area contributed by atoms with Crippen molar-refractivity contribution in [3.63, 3.8) is 0 Å². The van der Waals surface area contributed by atoms with Gasteiger partial charge in [-0.05, 0) is 12.8 Å². The first-order valence-electron chi connectivity index (χ1n) is 4.84. The van der Waals surface area contributed by atoms with Crippen molar-refractivity contribution >= 4 is 12.4 Å². The van der Waals surface area contributed by atoms with Crippen LogP contribution >= 0.6 is 12.4 Å². The van der Waals surface area contributed by atoms with Gasteiger partial charge < -0.3 is 0 Å². The maximum atomic E-state index is 2.35. The average molecular weight is 299 g/mol. The third kappa shape index (κ3) is 3.50. The van der Waals surface area contributed by atoms with Crippen LogP contribution in [0, 0.1) is 6.42 Å². The largest absolute Gasteiger partial charge is 0.163 e. The van der Waals surface area contributed by atoms with Crippen molar-refractivity contribution < 1.29 is 26.2 Å². The molecule has 0 N–H and O–H groups in total. The Morgan fingerprint density at radius 1 is 0.933 bits per heavy atom. The summed E-state index contributed by atoms with van der Waals surface area (Å²) in [5, 5.41) is 0. The molecule has 0 bridgehead atoms. The Morgan fingerprint density at radius 3 is 1.60 bits per heavy atom. The minimum Gasteiger partial charge on any atom is -0.163 e. The van der Waals surface area contributed by atoms with Crippen LogP contribution in [0.3, 0.4) is 0 Å². The molecule has 80 valence electrons. The van der Waals surface area contributed by atoms with Crippen molar-refractivity contribution in [3.8, 4) is 0 Å². The smallest absolute Gasteiger partial charge is 0 e. The predicted octanol–water partition coefficient (Wildman–Crippen LogP) is 4.16. The van der Waals surface area contributed by atoms with E-state index in [2.05, 4.69) is 44.6 Å². The third-order valence-corrected chi connectivity index (χ3v) is 2.77. The molecule has 2 aliphatic carbocycles. The molecule has 0 unspecified atom stereocenters. The summed E-state index contributed by atoms with van der Waals surface area (Å²) in [5.74, 6) is 0. The second kappa shape index (κ2) is 6.56. The molecule has 0 saturated heterocycles. The minimum atomic E-state index is 0. The topological polar surface area (TPSA) is 0 Å². The second-order valence-corrected chi connectivity index (χ2v) is 3.77. The van der Waals surface area contributed by atoms with E-state index in [0.717, 1.165) is 12.8 Å². The van der Waals surface area contributed by atoms with Crippen LogP contribution in [0.2, 0.25) is 0 Å². The van der Waals surface area contributed by atoms with Gasteiger partial charge in [0.15, 0.2) is 0 Å². The van der Waals surface area contributed by atoms with E-state index in [1.165, 1.54) is 22.3 Å². The fourth-order valence-electron chi connectivity index (χ4n) is 1.82. The van der Waals surface area contributed by atoms with Crippen molar-refractivity contribution in [3.05, 3.63) is 53.0 Å². The first-order valence-corrected chi connectivity index (χ1v) is 4.84. The Kier molecular flexibility index (Phi) is 6.56. The Bertz CT molecular complexity index is 312. The zero-order valence-electron chi connectivity index (χ0n) is 9.21. The van der Waals surface area contributed by atoms with Gasteiger partial charge >= 0.3 is 0 Å². The van der Waals surface area contributed by atoms with Gasteiger partial charge in [0.2, 0.25) is 0 Å². The van der Waals surface area contributed by atoms with E-state index in [4.69, 9.17) is 0 Å². The van der Waals surface area contributed by atoms with Crippen LogP contribution in [0.1, 0.15) is 26.7 Å². The number of hydrogen-bond acceptors (Lipinski definition) is 0. The molecule has 0 heterocycles. The fourth-order valence-corrected chi connectivity index (χ4v) is 1.82. The number of rotatable bonds is 2. The summed E-state index contributed by atoms with van der Waals surface area (Å²) in [6.07, 6.45) is 13.5. The van der Waals surface area contributed by atoms with E-state index >= 15 is 0 Å². The van der Waals surface area contributed by atoms with Crippen LogP contribution in [0.4, 0.5) is 0 Å². The van der Waals surface area contributed by atoms with Crippen molar-refractivity contribution in [2.45, 2.75) is 26.7 Å². The number of allylic oxidation sites excluding steroid dienone is 8. The molecule has 0 fully saturated rings. The molecule has 0 radical (unpaired) electrons. The molecule has 15 heavy (non-hydrogen) atoms. The summed E-state index contributed by atoms with van der Waals surface area (Å²) in [4.78, 5) is 0. The molecule has 0 saturated carbocycles. The molecular weight excluding hydrogens is 283 g/mol. The van der Waals surface area contributed by atoms with Crippen LogP contribution in [0.5, 0.6) is 0 Å². The quantitative estimate of drug-likeness (QED) is 0.672. The molecule has 0 atom stereocenters. The monoisotopic (exact) mass is 297 g/mol. The Hall–Kier alpha value is 0.00312. The Labute approximate surface area is 118 Å². The van der Waals surface area contributed by atoms with Crippen molar-refractivity contribution in [2.24, 2.45) is 0 Å². The van der Waals surface area contributed by atoms with E-state index in [0.29, 0.717) is 0 Å². The van der Waals surface area contributed by atoms with Crippen LogP contribution < -0.4 is 0 Å². The fraction of sp³-hybridized carbons (Fsp3) is 0.308. The number of halogens is 1. The van der Waals surface area contributed by atoms with Gasteiger partial charge in [-0.1, -0.05) is 26.0 Å². The number of hydrogen-bond donors (Lipinski definition) is 0. The van der Waals surface area contributed by atoms with E-state index in [-0.39, 0.29) is 38.6 Å². The normalized spacial score (nSPS) is 18.0.